The molecule has 2 unspecified atom stereocenters. The Kier molecular flexibility index (Phi) is 4.65. The highest BCUT2D eigenvalue weighted by Crippen LogP contribution is 2.20. The zero-order chi connectivity index (χ0) is 11.7. The Bertz CT molecular complexity index is 379. The topological polar surface area (TPSA) is 33.1 Å². The number of fused-ring (bicyclic) bond motifs is 2. The van der Waals surface area contributed by atoms with Gasteiger partial charge in [-0.1, -0.05) is 0 Å². The molecule has 0 aliphatic carbocycles. The Morgan fingerprint density at radius 3 is 2.89 bits per heavy atom. The number of aryl methyl sites for hydroxylation is 1. The monoisotopic (exact) mass is 270 g/mol. The van der Waals surface area contributed by atoms with Crippen LogP contribution in [0.1, 0.15) is 24.8 Å². The quantitative estimate of drug-likeness (QED) is 0.902. The third kappa shape index (κ3) is 3.25. The summed E-state index contributed by atoms with van der Waals surface area (Å²) in [6.45, 7) is 6.71. The maximum atomic E-state index is 4.35. The highest BCUT2D eigenvalue weighted by Gasteiger charge is 2.28. The number of nitrogens with zero attached hydrogens (tertiary/aromatic N) is 3. The molecule has 2 atom stereocenters. The zero-order valence-electron chi connectivity index (χ0n) is 11.0. The van der Waals surface area contributed by atoms with Crippen LogP contribution in [-0.4, -0.2) is 46.4 Å². The predicted octanol–water partition coefficient (Wildman–Crippen LogP) is 1.44. The van der Waals surface area contributed by atoms with Crippen LogP contribution in [0.2, 0.25) is 0 Å². The van der Waals surface area contributed by atoms with Crippen LogP contribution in [0.3, 0.4) is 0 Å². The van der Waals surface area contributed by atoms with E-state index in [1.807, 2.05) is 6.20 Å². The number of rotatable bonds is 3. The fourth-order valence-electron chi connectivity index (χ4n) is 3.05. The molecule has 2 bridgehead atoms. The lowest BCUT2D eigenvalue weighted by Gasteiger charge is -2.23. The van der Waals surface area contributed by atoms with E-state index in [1.54, 1.807) is 0 Å². The van der Waals surface area contributed by atoms with Crippen LogP contribution in [0.4, 0.5) is 0 Å². The van der Waals surface area contributed by atoms with Gasteiger partial charge in [0.25, 0.3) is 0 Å². The van der Waals surface area contributed by atoms with E-state index in [-0.39, 0.29) is 12.4 Å². The normalized spacial score (nSPS) is 27.8. The van der Waals surface area contributed by atoms with Crippen LogP contribution < -0.4 is 5.32 Å². The number of hydrogen-bond donors (Lipinski definition) is 1. The van der Waals surface area contributed by atoms with Crippen LogP contribution in [-0.2, 0) is 6.54 Å². The molecule has 5 heteroatoms. The predicted molar refractivity (Wildman–Crippen MR) is 75.2 cm³/mol. The first-order valence-corrected chi connectivity index (χ1v) is 6.77. The molecule has 0 aromatic carbocycles. The highest BCUT2D eigenvalue weighted by molar-refractivity contribution is 5.85. The number of likely N-dealkylation sites (tertiary alicyclic amines) is 1. The van der Waals surface area contributed by atoms with Crippen molar-refractivity contribution in [3.05, 3.63) is 18.0 Å². The Morgan fingerprint density at radius 1 is 1.28 bits per heavy atom. The molecule has 0 amide bonds. The van der Waals surface area contributed by atoms with Gasteiger partial charge in [0.15, 0.2) is 0 Å². The standard InChI is InChI=1S/C13H22N4.ClH/c1-11-8-14-17(9-11)7-6-16-5-4-12-2-3-13(10-16)15-12;/h8-9,12-13,15H,2-7,10H2,1H3;1H. The summed E-state index contributed by atoms with van der Waals surface area (Å²) < 4.78 is 2.06. The van der Waals surface area contributed by atoms with Crippen molar-refractivity contribution >= 4 is 12.4 Å². The molecule has 18 heavy (non-hydrogen) atoms. The smallest absolute Gasteiger partial charge is 0.0536 e. The second-order valence-corrected chi connectivity index (χ2v) is 5.51. The molecule has 0 radical (unpaired) electrons. The number of hydrogen-bond acceptors (Lipinski definition) is 3. The lowest BCUT2D eigenvalue weighted by molar-refractivity contribution is 0.245. The van der Waals surface area contributed by atoms with Crippen molar-refractivity contribution < 1.29 is 0 Å². The molecular formula is C13H23ClN4. The Labute approximate surface area is 115 Å². The van der Waals surface area contributed by atoms with Gasteiger partial charge in [0, 0.05) is 31.4 Å². The van der Waals surface area contributed by atoms with E-state index in [2.05, 4.69) is 33.1 Å². The molecule has 3 heterocycles. The van der Waals surface area contributed by atoms with Gasteiger partial charge >= 0.3 is 0 Å². The Hall–Kier alpha value is -0.580. The summed E-state index contributed by atoms with van der Waals surface area (Å²) in [7, 11) is 0. The molecule has 1 aromatic rings. The van der Waals surface area contributed by atoms with Gasteiger partial charge in [-0.3, -0.25) is 9.58 Å². The van der Waals surface area contributed by atoms with Crippen molar-refractivity contribution in [3.8, 4) is 0 Å². The van der Waals surface area contributed by atoms with Crippen LogP contribution in [0.25, 0.3) is 0 Å². The van der Waals surface area contributed by atoms with Crippen molar-refractivity contribution in [2.75, 3.05) is 19.6 Å². The minimum atomic E-state index is 0. The summed E-state index contributed by atoms with van der Waals surface area (Å²) >= 11 is 0. The summed E-state index contributed by atoms with van der Waals surface area (Å²) in [6, 6.07) is 1.53. The van der Waals surface area contributed by atoms with Crippen molar-refractivity contribution in [3.63, 3.8) is 0 Å². The summed E-state index contributed by atoms with van der Waals surface area (Å²) in [6.07, 6.45) is 8.13. The molecule has 3 rings (SSSR count). The molecular weight excluding hydrogens is 248 g/mol. The molecule has 1 aromatic heterocycles. The van der Waals surface area contributed by atoms with Gasteiger partial charge in [-0.2, -0.15) is 5.10 Å². The van der Waals surface area contributed by atoms with Crippen molar-refractivity contribution in [2.45, 2.75) is 44.8 Å². The first kappa shape index (κ1) is 13.8. The number of nitrogens with one attached hydrogen (secondary N) is 1. The van der Waals surface area contributed by atoms with Crippen LogP contribution >= 0.6 is 12.4 Å². The Morgan fingerprint density at radius 2 is 2.11 bits per heavy atom. The van der Waals surface area contributed by atoms with Gasteiger partial charge in [0.1, 0.15) is 0 Å². The van der Waals surface area contributed by atoms with Gasteiger partial charge in [-0.25, -0.2) is 0 Å². The molecule has 1 N–H and O–H groups in total. The van der Waals surface area contributed by atoms with Gasteiger partial charge in [0.2, 0.25) is 0 Å². The zero-order valence-corrected chi connectivity index (χ0v) is 11.8. The molecule has 2 saturated heterocycles. The third-order valence-electron chi connectivity index (χ3n) is 4.02. The van der Waals surface area contributed by atoms with Crippen LogP contribution in [0, 0.1) is 6.92 Å². The SMILES string of the molecule is Cc1cnn(CCN2CCC3CCC(C2)N3)c1.Cl. The van der Waals surface area contributed by atoms with Gasteiger partial charge < -0.3 is 5.32 Å². The fraction of sp³-hybridized carbons (Fsp3) is 0.769. The van der Waals surface area contributed by atoms with E-state index in [0.717, 1.165) is 25.2 Å². The fourth-order valence-corrected chi connectivity index (χ4v) is 3.05. The summed E-state index contributed by atoms with van der Waals surface area (Å²) in [5.74, 6) is 0. The van der Waals surface area contributed by atoms with Gasteiger partial charge in [0.05, 0.1) is 12.7 Å². The van der Waals surface area contributed by atoms with Crippen molar-refractivity contribution in [1.29, 1.82) is 0 Å². The first-order valence-electron chi connectivity index (χ1n) is 6.77. The Balaban J connectivity index is 0.00000120. The van der Waals surface area contributed by atoms with E-state index < -0.39 is 0 Å². The molecule has 2 aliphatic rings. The maximum absolute atomic E-state index is 4.35. The minimum Gasteiger partial charge on any atom is -0.310 e. The van der Waals surface area contributed by atoms with E-state index in [1.165, 1.54) is 37.9 Å². The van der Waals surface area contributed by atoms with Crippen molar-refractivity contribution in [1.82, 2.24) is 20.0 Å². The minimum absolute atomic E-state index is 0. The summed E-state index contributed by atoms with van der Waals surface area (Å²) in [4.78, 5) is 2.59. The molecule has 4 nitrogen and oxygen atoms in total. The van der Waals surface area contributed by atoms with Crippen molar-refractivity contribution in [2.24, 2.45) is 0 Å². The second kappa shape index (κ2) is 6.04. The third-order valence-corrected chi connectivity index (χ3v) is 4.02. The van der Waals surface area contributed by atoms with E-state index in [0.29, 0.717) is 0 Å². The molecule has 102 valence electrons. The van der Waals surface area contributed by atoms with Crippen LogP contribution in [0.5, 0.6) is 0 Å². The summed E-state index contributed by atoms with van der Waals surface area (Å²) in [5.41, 5.74) is 1.25. The maximum Gasteiger partial charge on any atom is 0.0536 e. The molecule has 2 aliphatic heterocycles. The van der Waals surface area contributed by atoms with Gasteiger partial charge in [-0.05, 0) is 38.3 Å². The molecule has 0 saturated carbocycles. The molecule has 2 fully saturated rings. The lowest BCUT2D eigenvalue weighted by atomic mass is 10.1. The highest BCUT2D eigenvalue weighted by atomic mass is 35.5. The average Bonchev–Trinajstić information content (AvgIpc) is 2.84. The van der Waals surface area contributed by atoms with E-state index >= 15 is 0 Å². The number of halogens is 1. The average molecular weight is 271 g/mol. The van der Waals surface area contributed by atoms with Crippen LogP contribution in [0.15, 0.2) is 12.4 Å². The summed E-state index contributed by atoms with van der Waals surface area (Å²) in [5, 5.41) is 8.07. The lowest BCUT2D eigenvalue weighted by Crippen LogP contribution is -2.36. The van der Waals surface area contributed by atoms with Gasteiger partial charge in [-0.15, -0.1) is 12.4 Å². The number of aromatic nitrogens is 2. The first-order chi connectivity index (χ1) is 8.29. The molecule has 0 spiro atoms. The van der Waals surface area contributed by atoms with E-state index in [4.69, 9.17) is 0 Å². The largest absolute Gasteiger partial charge is 0.310 e. The van der Waals surface area contributed by atoms with E-state index in [9.17, 15) is 0 Å². The second-order valence-electron chi connectivity index (χ2n) is 5.51.